The van der Waals surface area contributed by atoms with E-state index in [1.165, 1.54) is 24.0 Å². The van der Waals surface area contributed by atoms with Crippen LogP contribution < -0.4 is 4.74 Å². The van der Waals surface area contributed by atoms with Gasteiger partial charge in [-0.3, -0.25) is 0 Å². The molecule has 2 saturated carbocycles. The van der Waals surface area contributed by atoms with Crippen molar-refractivity contribution in [1.82, 2.24) is 0 Å². The lowest BCUT2D eigenvalue weighted by atomic mass is 9.68. The zero-order valence-corrected chi connectivity index (χ0v) is 20.3. The first kappa shape index (κ1) is 26.0. The van der Waals surface area contributed by atoms with Gasteiger partial charge >= 0.3 is 6.11 Å². The Morgan fingerprint density at radius 3 is 1.89 bits per heavy atom. The largest absolute Gasteiger partial charge is 0.432 e. The predicted molar refractivity (Wildman–Crippen MR) is 127 cm³/mol. The molecule has 0 aromatic heterocycles. The standard InChI is InChI=1S/C29H35F5O/c1-2-3-4-19-5-7-20(8-6-19)21-9-11-22(12-10-21)23-13-15-24(16-14-23)29(33,34)35-25-17-26(30)28(32)27(31)18-25/h5-8,17-18,21-24H,2-4,9-16H2,1H3. The third-order valence-corrected chi connectivity index (χ3v) is 8.17. The lowest BCUT2D eigenvalue weighted by molar-refractivity contribution is -0.224. The van der Waals surface area contributed by atoms with E-state index in [1.807, 2.05) is 0 Å². The lowest BCUT2D eigenvalue weighted by Crippen LogP contribution is -2.38. The maximum atomic E-state index is 14.7. The summed E-state index contributed by atoms with van der Waals surface area (Å²) in [6.07, 6.45) is 6.55. The van der Waals surface area contributed by atoms with Crippen LogP contribution in [0.4, 0.5) is 22.0 Å². The molecule has 35 heavy (non-hydrogen) atoms. The Morgan fingerprint density at radius 2 is 1.34 bits per heavy atom. The van der Waals surface area contributed by atoms with E-state index < -0.39 is 35.2 Å². The first-order valence-corrected chi connectivity index (χ1v) is 13.1. The van der Waals surface area contributed by atoms with E-state index in [0.717, 1.165) is 32.1 Å². The van der Waals surface area contributed by atoms with Crippen molar-refractivity contribution in [1.29, 1.82) is 0 Å². The van der Waals surface area contributed by atoms with Crippen molar-refractivity contribution < 1.29 is 26.7 Å². The molecule has 0 heterocycles. The highest BCUT2D eigenvalue weighted by molar-refractivity contribution is 5.26. The number of hydrogen-bond acceptors (Lipinski definition) is 1. The Morgan fingerprint density at radius 1 is 0.800 bits per heavy atom. The Bertz CT molecular complexity index is 935. The second kappa shape index (κ2) is 11.3. The molecule has 0 amide bonds. The van der Waals surface area contributed by atoms with E-state index in [1.54, 1.807) is 0 Å². The van der Waals surface area contributed by atoms with Gasteiger partial charge < -0.3 is 4.74 Å². The van der Waals surface area contributed by atoms with Crippen LogP contribution in [0.3, 0.4) is 0 Å². The molecule has 6 heteroatoms. The minimum atomic E-state index is -3.55. The zero-order chi connectivity index (χ0) is 25.0. The van der Waals surface area contributed by atoms with Crippen LogP contribution in [0.15, 0.2) is 36.4 Å². The topological polar surface area (TPSA) is 9.23 Å². The maximum absolute atomic E-state index is 14.7. The molecule has 0 spiro atoms. The summed E-state index contributed by atoms with van der Waals surface area (Å²) in [5, 5.41) is 0. The number of aryl methyl sites for hydroxylation is 1. The monoisotopic (exact) mass is 494 g/mol. The highest BCUT2D eigenvalue weighted by atomic mass is 19.3. The molecule has 2 aliphatic carbocycles. The Hall–Kier alpha value is -2.11. The molecular weight excluding hydrogens is 459 g/mol. The molecule has 192 valence electrons. The van der Waals surface area contributed by atoms with Crippen LogP contribution in [0.5, 0.6) is 5.75 Å². The summed E-state index contributed by atoms with van der Waals surface area (Å²) in [5.74, 6) is -4.91. The molecule has 1 nitrogen and oxygen atoms in total. The molecule has 0 aliphatic heterocycles. The highest BCUT2D eigenvalue weighted by Crippen LogP contribution is 2.47. The molecule has 0 N–H and O–H groups in total. The summed E-state index contributed by atoms with van der Waals surface area (Å²) in [4.78, 5) is 0. The van der Waals surface area contributed by atoms with Gasteiger partial charge in [-0.2, -0.15) is 8.78 Å². The summed E-state index contributed by atoms with van der Waals surface area (Å²) in [6, 6.07) is 10.0. The smallest absolute Gasteiger partial charge is 0.400 e. The van der Waals surface area contributed by atoms with Crippen LogP contribution in [0, 0.1) is 35.2 Å². The number of benzene rings is 2. The molecule has 2 aromatic carbocycles. The molecule has 2 fully saturated rings. The minimum Gasteiger partial charge on any atom is -0.432 e. The van der Waals surface area contributed by atoms with Gasteiger partial charge in [-0.05, 0) is 93.1 Å². The SMILES string of the molecule is CCCCc1ccc(C2CCC(C3CCC(C(F)(F)Oc4cc(F)c(F)c(F)c4)CC3)CC2)cc1. The summed E-state index contributed by atoms with van der Waals surface area (Å²) in [5.41, 5.74) is 2.81. The summed E-state index contributed by atoms with van der Waals surface area (Å²) in [6.45, 7) is 2.21. The maximum Gasteiger partial charge on any atom is 0.400 e. The van der Waals surface area contributed by atoms with Crippen molar-refractivity contribution in [2.45, 2.75) is 89.6 Å². The van der Waals surface area contributed by atoms with E-state index >= 15 is 0 Å². The molecule has 2 aromatic rings. The van der Waals surface area contributed by atoms with E-state index in [-0.39, 0.29) is 0 Å². The summed E-state index contributed by atoms with van der Waals surface area (Å²) < 4.78 is 73.9. The molecule has 0 saturated heterocycles. The second-order valence-electron chi connectivity index (χ2n) is 10.4. The fraction of sp³-hybridized carbons (Fsp3) is 0.586. The van der Waals surface area contributed by atoms with Crippen LogP contribution >= 0.6 is 0 Å². The quantitative estimate of drug-likeness (QED) is 0.263. The van der Waals surface area contributed by atoms with Gasteiger partial charge in [-0.1, -0.05) is 37.6 Å². The number of ether oxygens (including phenoxy) is 1. The number of hydrogen-bond donors (Lipinski definition) is 0. The van der Waals surface area contributed by atoms with Crippen LogP contribution in [0.2, 0.25) is 0 Å². The molecule has 0 radical (unpaired) electrons. The molecular formula is C29H35F5O. The van der Waals surface area contributed by atoms with E-state index in [2.05, 4.69) is 35.9 Å². The lowest BCUT2D eigenvalue weighted by Gasteiger charge is -2.39. The first-order valence-electron chi connectivity index (χ1n) is 13.1. The second-order valence-corrected chi connectivity index (χ2v) is 10.4. The highest BCUT2D eigenvalue weighted by Gasteiger charge is 2.45. The molecule has 4 rings (SSSR count). The van der Waals surface area contributed by atoms with E-state index in [4.69, 9.17) is 0 Å². The number of alkyl halides is 2. The third-order valence-electron chi connectivity index (χ3n) is 8.17. The zero-order valence-electron chi connectivity index (χ0n) is 20.3. The van der Waals surface area contributed by atoms with Gasteiger partial charge in [0.2, 0.25) is 0 Å². The summed E-state index contributed by atoms with van der Waals surface area (Å²) >= 11 is 0. The van der Waals surface area contributed by atoms with Crippen molar-refractivity contribution >= 4 is 0 Å². The normalized spacial score (nSPS) is 25.4. The predicted octanol–water partition coefficient (Wildman–Crippen LogP) is 9.20. The van der Waals surface area contributed by atoms with Crippen LogP contribution in [-0.2, 0) is 6.42 Å². The average Bonchev–Trinajstić information content (AvgIpc) is 2.86. The van der Waals surface area contributed by atoms with Gasteiger partial charge in [0.15, 0.2) is 17.5 Å². The van der Waals surface area contributed by atoms with Crippen LogP contribution in [0.25, 0.3) is 0 Å². The molecule has 0 unspecified atom stereocenters. The van der Waals surface area contributed by atoms with E-state index in [0.29, 0.717) is 55.6 Å². The van der Waals surface area contributed by atoms with Crippen LogP contribution in [0.1, 0.15) is 88.2 Å². The van der Waals surface area contributed by atoms with Crippen LogP contribution in [-0.4, -0.2) is 6.11 Å². The molecule has 2 aliphatic rings. The fourth-order valence-corrected chi connectivity index (χ4v) is 6.02. The Labute approximate surface area is 205 Å². The number of unbranched alkanes of at least 4 members (excludes halogenated alkanes) is 1. The van der Waals surface area contributed by atoms with Crippen molar-refractivity contribution in [3.63, 3.8) is 0 Å². The van der Waals surface area contributed by atoms with Crippen molar-refractivity contribution in [3.05, 3.63) is 65.0 Å². The first-order chi connectivity index (χ1) is 16.8. The van der Waals surface area contributed by atoms with Crippen molar-refractivity contribution in [2.75, 3.05) is 0 Å². The minimum absolute atomic E-state index is 0.309. The fourth-order valence-electron chi connectivity index (χ4n) is 6.02. The van der Waals surface area contributed by atoms with E-state index in [9.17, 15) is 22.0 Å². The van der Waals surface area contributed by atoms with Gasteiger partial charge in [0.1, 0.15) is 5.75 Å². The molecule has 0 atom stereocenters. The summed E-state index contributed by atoms with van der Waals surface area (Å²) in [7, 11) is 0. The Balaban J connectivity index is 1.25. The van der Waals surface area contributed by atoms with Gasteiger partial charge in [-0.15, -0.1) is 0 Å². The Kier molecular flexibility index (Phi) is 8.38. The van der Waals surface area contributed by atoms with Crippen molar-refractivity contribution in [2.24, 2.45) is 17.8 Å². The third kappa shape index (κ3) is 6.37. The van der Waals surface area contributed by atoms with Crippen molar-refractivity contribution in [3.8, 4) is 5.75 Å². The number of halogens is 5. The number of rotatable bonds is 8. The van der Waals surface area contributed by atoms with Gasteiger partial charge in [-0.25, -0.2) is 13.2 Å². The molecule has 0 bridgehead atoms. The van der Waals surface area contributed by atoms with Gasteiger partial charge in [0.05, 0.1) is 5.92 Å². The van der Waals surface area contributed by atoms with Gasteiger partial charge in [0, 0.05) is 12.1 Å². The van der Waals surface area contributed by atoms with Gasteiger partial charge in [0.25, 0.3) is 0 Å². The average molecular weight is 495 g/mol.